The third-order valence-corrected chi connectivity index (χ3v) is 13.0. The highest BCUT2D eigenvalue weighted by molar-refractivity contribution is 7.80. The summed E-state index contributed by atoms with van der Waals surface area (Å²) >= 11 is 0. The van der Waals surface area contributed by atoms with E-state index in [0.717, 1.165) is 38.5 Å². The minimum Gasteiger partial charge on any atom is -0.394 e. The summed E-state index contributed by atoms with van der Waals surface area (Å²) in [7, 11) is -5.08. The maximum absolute atomic E-state index is 13.1. The third kappa shape index (κ3) is 33.9. The molecule has 1 amide bonds. The highest BCUT2D eigenvalue weighted by Gasteiger charge is 2.48. The summed E-state index contributed by atoms with van der Waals surface area (Å²) in [4.78, 5) is 13.1. The monoisotopic (exact) mass is 920 g/mol. The summed E-state index contributed by atoms with van der Waals surface area (Å²) in [6, 6.07) is -0.938. The number of nitrogens with one attached hydrogen (secondary N) is 1. The van der Waals surface area contributed by atoms with Gasteiger partial charge in [0.25, 0.3) is 0 Å². The molecule has 12 nitrogen and oxygen atoms in total. The van der Waals surface area contributed by atoms with E-state index in [1.165, 1.54) is 180 Å². The molecular formula is C50H97NO11S. The molecule has 0 saturated carbocycles. The van der Waals surface area contributed by atoms with E-state index in [-0.39, 0.29) is 18.9 Å². The normalized spacial score (nSPS) is 20.4. The van der Waals surface area contributed by atoms with E-state index >= 15 is 0 Å². The number of hydrogen-bond acceptors (Lipinski definition) is 10. The molecule has 1 saturated heterocycles. The molecule has 0 aliphatic carbocycles. The minimum atomic E-state index is -5.08. The van der Waals surface area contributed by atoms with Crippen molar-refractivity contribution >= 4 is 16.3 Å². The summed E-state index contributed by atoms with van der Waals surface area (Å²) in [6.45, 7) is 3.41. The zero-order valence-corrected chi connectivity index (χ0v) is 41.0. The minimum absolute atomic E-state index is 0.259. The topological polar surface area (TPSA) is 192 Å². The van der Waals surface area contributed by atoms with E-state index < -0.39 is 59.9 Å². The van der Waals surface area contributed by atoms with Crippen molar-refractivity contribution in [1.82, 2.24) is 5.32 Å². The predicted octanol–water partition coefficient (Wildman–Crippen LogP) is 11.1. The lowest BCUT2D eigenvalue weighted by Crippen LogP contribution is -2.61. The molecule has 13 heteroatoms. The summed E-state index contributed by atoms with van der Waals surface area (Å²) in [5.74, 6) is -0.259. The number of aliphatic hydroxyl groups excluding tert-OH is 4. The van der Waals surface area contributed by atoms with E-state index in [1.807, 2.05) is 6.08 Å². The van der Waals surface area contributed by atoms with Gasteiger partial charge in [0.1, 0.15) is 24.4 Å². The average Bonchev–Trinajstić information content (AvgIpc) is 3.25. The van der Waals surface area contributed by atoms with Crippen molar-refractivity contribution in [3.05, 3.63) is 12.2 Å². The Morgan fingerprint density at radius 2 is 1.00 bits per heavy atom. The Hall–Kier alpha value is -1.16. The second-order valence-corrected chi connectivity index (χ2v) is 19.5. The Morgan fingerprint density at radius 3 is 1.38 bits per heavy atom. The Morgan fingerprint density at radius 1 is 0.619 bits per heavy atom. The number of carbonyl (C=O) groups excluding carboxylic acids is 1. The van der Waals surface area contributed by atoms with Crippen LogP contribution in [-0.2, 0) is 28.9 Å². The molecular weight excluding hydrogens is 823 g/mol. The summed E-state index contributed by atoms with van der Waals surface area (Å²) in [6.07, 6.45) is 38.2. The smallest absolute Gasteiger partial charge is 0.394 e. The van der Waals surface area contributed by atoms with E-state index in [2.05, 4.69) is 23.3 Å². The lowest BCUT2D eigenvalue weighted by atomic mass is 9.99. The number of unbranched alkanes of at least 4 members (excludes halogenated alkanes) is 33. The van der Waals surface area contributed by atoms with Crippen LogP contribution in [0.5, 0.6) is 0 Å². The van der Waals surface area contributed by atoms with Gasteiger partial charge in [0, 0.05) is 6.42 Å². The van der Waals surface area contributed by atoms with Crippen molar-refractivity contribution in [3.8, 4) is 0 Å². The van der Waals surface area contributed by atoms with Crippen LogP contribution in [0.2, 0.25) is 0 Å². The maximum Gasteiger partial charge on any atom is 0.397 e. The van der Waals surface area contributed by atoms with Gasteiger partial charge in [-0.1, -0.05) is 231 Å². The molecule has 1 fully saturated rings. The van der Waals surface area contributed by atoms with Gasteiger partial charge < -0.3 is 35.2 Å². The second-order valence-electron chi connectivity index (χ2n) is 18.5. The van der Waals surface area contributed by atoms with Crippen LogP contribution >= 0.6 is 0 Å². The quantitative estimate of drug-likeness (QED) is 0.0193. The van der Waals surface area contributed by atoms with Crippen LogP contribution in [0.15, 0.2) is 12.2 Å². The van der Waals surface area contributed by atoms with Crippen molar-refractivity contribution in [2.24, 2.45) is 0 Å². The van der Waals surface area contributed by atoms with Crippen LogP contribution in [0.1, 0.15) is 245 Å². The first-order valence-electron chi connectivity index (χ1n) is 26.1. The summed E-state index contributed by atoms with van der Waals surface area (Å²) < 4.78 is 47.7. The van der Waals surface area contributed by atoms with Crippen LogP contribution in [0, 0.1) is 0 Å². The lowest BCUT2D eigenvalue weighted by molar-refractivity contribution is -0.298. The molecule has 7 unspecified atom stereocenters. The number of amides is 1. The van der Waals surface area contributed by atoms with Crippen molar-refractivity contribution < 1.29 is 51.8 Å². The first-order valence-corrected chi connectivity index (χ1v) is 27.4. The second kappa shape index (κ2) is 41.1. The molecule has 0 radical (unpaired) electrons. The molecule has 1 rings (SSSR count). The highest BCUT2D eigenvalue weighted by Crippen LogP contribution is 2.26. The molecule has 1 aliphatic rings. The zero-order chi connectivity index (χ0) is 46.2. The molecule has 1 aliphatic heterocycles. The Bertz CT molecular complexity index is 1180. The molecule has 0 aromatic rings. The van der Waals surface area contributed by atoms with Gasteiger partial charge >= 0.3 is 10.4 Å². The van der Waals surface area contributed by atoms with Gasteiger partial charge in [-0.25, -0.2) is 4.18 Å². The first-order chi connectivity index (χ1) is 30.5. The van der Waals surface area contributed by atoms with Gasteiger partial charge in [0.05, 0.1) is 25.4 Å². The predicted molar refractivity (Wildman–Crippen MR) is 255 cm³/mol. The van der Waals surface area contributed by atoms with Gasteiger partial charge in [-0.3, -0.25) is 9.35 Å². The Labute approximate surface area is 385 Å². The van der Waals surface area contributed by atoms with Crippen LogP contribution in [0.4, 0.5) is 0 Å². The molecule has 63 heavy (non-hydrogen) atoms. The zero-order valence-electron chi connectivity index (χ0n) is 40.2. The number of allylic oxidation sites excluding steroid dienone is 1. The van der Waals surface area contributed by atoms with E-state index in [0.29, 0.717) is 6.42 Å². The van der Waals surface area contributed by atoms with Crippen molar-refractivity contribution in [3.63, 3.8) is 0 Å². The van der Waals surface area contributed by atoms with Gasteiger partial charge in [0.2, 0.25) is 5.91 Å². The van der Waals surface area contributed by atoms with Gasteiger partial charge in [0.15, 0.2) is 6.29 Å². The van der Waals surface area contributed by atoms with E-state index in [4.69, 9.17) is 9.47 Å². The SMILES string of the molecule is CCCCCCCCCCCCCCCCCCCCCC/C=C/C(O)C(COC1OC(CO)C(O)C(OS(=O)(=O)O)C1O)NC(=O)CCCCCCCCCCCCCCCC. The van der Waals surface area contributed by atoms with Crippen LogP contribution in [0.3, 0.4) is 0 Å². The summed E-state index contributed by atoms with van der Waals surface area (Å²) in [5, 5.41) is 44.8. The highest BCUT2D eigenvalue weighted by atomic mass is 32.3. The van der Waals surface area contributed by atoms with Gasteiger partial charge in [-0.15, -0.1) is 0 Å². The molecule has 0 aromatic heterocycles. The molecule has 374 valence electrons. The fraction of sp³-hybridized carbons (Fsp3) is 0.940. The molecule has 1 heterocycles. The van der Waals surface area contributed by atoms with Crippen LogP contribution < -0.4 is 5.32 Å². The molecule has 0 bridgehead atoms. The molecule has 6 N–H and O–H groups in total. The molecule has 7 atom stereocenters. The number of hydrogen-bond donors (Lipinski definition) is 6. The van der Waals surface area contributed by atoms with E-state index in [9.17, 15) is 38.2 Å². The standard InChI is InChI=1S/C50H97NO11S/c1-3-5-7-9-11-13-15-17-19-20-21-22-23-24-25-26-27-29-31-33-35-37-39-44(53)43(42-60-50-48(56)49(62-63(57,58)59)47(55)45(41-52)61-50)51-46(54)40-38-36-34-32-30-28-18-16-14-12-10-8-6-4-2/h37,39,43-45,47-50,52-53,55-56H,3-36,38,40-42H2,1-2H3,(H,51,54)(H,57,58,59)/b39-37+. The number of ether oxygens (including phenoxy) is 2. The lowest BCUT2D eigenvalue weighted by Gasteiger charge is -2.41. The van der Waals surface area contributed by atoms with E-state index in [1.54, 1.807) is 6.08 Å². The largest absolute Gasteiger partial charge is 0.397 e. The number of rotatable bonds is 45. The van der Waals surface area contributed by atoms with Crippen LogP contribution in [0.25, 0.3) is 0 Å². The van der Waals surface area contributed by atoms with Crippen molar-refractivity contribution in [2.45, 2.75) is 288 Å². The summed E-state index contributed by atoms with van der Waals surface area (Å²) in [5.41, 5.74) is 0. The van der Waals surface area contributed by atoms with Crippen molar-refractivity contribution in [2.75, 3.05) is 13.2 Å². The van der Waals surface area contributed by atoms with Crippen LogP contribution in [-0.4, -0.2) is 95.4 Å². The Balaban J connectivity index is 2.43. The Kier molecular flexibility index (Phi) is 39.0. The number of carbonyl (C=O) groups is 1. The molecule has 0 aromatic carbocycles. The average molecular weight is 920 g/mol. The molecule has 0 spiro atoms. The fourth-order valence-corrected chi connectivity index (χ4v) is 9.02. The first kappa shape index (κ1) is 59.9. The van der Waals surface area contributed by atoms with Crippen molar-refractivity contribution in [1.29, 1.82) is 0 Å². The fourth-order valence-electron chi connectivity index (χ4n) is 8.52. The van der Waals surface area contributed by atoms with Gasteiger partial charge in [-0.2, -0.15) is 8.42 Å². The maximum atomic E-state index is 13.1. The number of aliphatic hydroxyl groups is 4. The third-order valence-electron chi connectivity index (χ3n) is 12.6. The van der Waals surface area contributed by atoms with Gasteiger partial charge in [-0.05, 0) is 19.3 Å².